The number of thioether (sulfide) groups is 1. The van der Waals surface area contributed by atoms with Crippen LogP contribution in [0.25, 0.3) is 17.3 Å². The molecule has 5 rings (SSSR count). The molecule has 0 aliphatic carbocycles. The molecule has 4 heterocycles. The number of benzene rings is 1. The molecule has 0 saturated carbocycles. The molecule has 1 amide bonds. The van der Waals surface area contributed by atoms with Crippen molar-refractivity contribution in [2.24, 2.45) is 0 Å². The van der Waals surface area contributed by atoms with Crippen molar-refractivity contribution < 1.29 is 9.21 Å². The van der Waals surface area contributed by atoms with Crippen molar-refractivity contribution in [1.29, 1.82) is 0 Å². The summed E-state index contributed by atoms with van der Waals surface area (Å²) in [5.74, 6) is 1.38. The summed E-state index contributed by atoms with van der Waals surface area (Å²) in [7, 11) is 0. The van der Waals surface area contributed by atoms with Crippen LogP contribution in [0.2, 0.25) is 0 Å². The zero-order valence-electron chi connectivity index (χ0n) is 16.4. The van der Waals surface area contributed by atoms with Crippen LogP contribution in [0.3, 0.4) is 0 Å². The fourth-order valence-electron chi connectivity index (χ4n) is 3.62. The molecule has 0 bridgehead atoms. The number of nitrogens with zero attached hydrogens (tertiary/aromatic N) is 4. The molecule has 8 heteroatoms. The second kappa shape index (κ2) is 8.12. The largest absolute Gasteiger partial charge is 0.461 e. The van der Waals surface area contributed by atoms with Gasteiger partial charge in [-0.25, -0.2) is 0 Å². The first kappa shape index (κ1) is 19.1. The number of furan rings is 1. The molecule has 1 aromatic carbocycles. The van der Waals surface area contributed by atoms with Crippen LogP contribution in [-0.4, -0.2) is 37.4 Å². The van der Waals surface area contributed by atoms with Gasteiger partial charge in [0, 0.05) is 23.7 Å². The highest BCUT2D eigenvalue weighted by Crippen LogP contribution is 2.32. The van der Waals surface area contributed by atoms with Gasteiger partial charge in [0.25, 0.3) is 0 Å². The molecule has 0 radical (unpaired) electrons. The van der Waals surface area contributed by atoms with E-state index in [1.165, 1.54) is 22.2 Å². The quantitative estimate of drug-likeness (QED) is 0.426. The maximum absolute atomic E-state index is 13.1. The average Bonchev–Trinajstić information content (AvgIpc) is 3.53. The van der Waals surface area contributed by atoms with E-state index in [4.69, 9.17) is 4.42 Å². The Balaban J connectivity index is 1.41. The van der Waals surface area contributed by atoms with Crippen LogP contribution in [0.15, 0.2) is 69.7 Å². The maximum Gasteiger partial charge on any atom is 0.236 e. The van der Waals surface area contributed by atoms with E-state index < -0.39 is 0 Å². The zero-order valence-corrected chi connectivity index (χ0v) is 18.0. The van der Waals surface area contributed by atoms with Crippen molar-refractivity contribution in [2.75, 3.05) is 6.54 Å². The van der Waals surface area contributed by atoms with E-state index in [-0.39, 0.29) is 11.2 Å². The molecule has 1 atom stereocenters. The van der Waals surface area contributed by atoms with Gasteiger partial charge in [0.05, 0.1) is 11.5 Å². The van der Waals surface area contributed by atoms with Gasteiger partial charge in [-0.2, -0.15) is 0 Å². The Hall–Kier alpha value is -2.84. The highest BCUT2D eigenvalue weighted by molar-refractivity contribution is 8.00. The predicted molar refractivity (Wildman–Crippen MR) is 118 cm³/mol. The first-order chi connectivity index (χ1) is 14.7. The summed E-state index contributed by atoms with van der Waals surface area (Å²) in [5.41, 5.74) is 2.20. The van der Waals surface area contributed by atoms with Gasteiger partial charge in [0.2, 0.25) is 11.7 Å². The van der Waals surface area contributed by atoms with E-state index in [9.17, 15) is 4.79 Å². The lowest BCUT2D eigenvalue weighted by atomic mass is 10.1. The van der Waals surface area contributed by atoms with Crippen molar-refractivity contribution in [1.82, 2.24) is 19.7 Å². The van der Waals surface area contributed by atoms with Crippen LogP contribution >= 0.6 is 23.1 Å². The molecular weight excluding hydrogens is 416 g/mol. The van der Waals surface area contributed by atoms with Crippen LogP contribution in [0, 0.1) is 0 Å². The number of hydrogen-bond donors (Lipinski definition) is 0. The molecule has 0 N–H and O–H groups in total. The van der Waals surface area contributed by atoms with Crippen molar-refractivity contribution in [3.63, 3.8) is 0 Å². The SMILES string of the molecule is CC(Sc1nnc(-c2ccco2)n1-c1ccccc1)C(=O)N1CCc2sccc2C1. The summed E-state index contributed by atoms with van der Waals surface area (Å²) in [6, 6.07) is 15.7. The molecule has 0 spiro atoms. The van der Waals surface area contributed by atoms with Gasteiger partial charge in [0.1, 0.15) is 0 Å². The van der Waals surface area contributed by atoms with Gasteiger partial charge < -0.3 is 9.32 Å². The lowest BCUT2D eigenvalue weighted by molar-refractivity contribution is -0.131. The van der Waals surface area contributed by atoms with E-state index in [1.54, 1.807) is 17.6 Å². The minimum atomic E-state index is -0.277. The monoisotopic (exact) mass is 436 g/mol. The number of aromatic nitrogens is 3. The van der Waals surface area contributed by atoms with E-state index in [0.29, 0.717) is 23.3 Å². The molecular formula is C22H20N4O2S2. The Labute approximate surface area is 182 Å². The molecule has 6 nitrogen and oxygen atoms in total. The fourth-order valence-corrected chi connectivity index (χ4v) is 5.46. The van der Waals surface area contributed by atoms with Crippen molar-refractivity contribution in [3.05, 3.63) is 70.6 Å². The minimum Gasteiger partial charge on any atom is -0.461 e. The molecule has 4 aromatic rings. The summed E-state index contributed by atoms with van der Waals surface area (Å²) in [6.45, 7) is 3.39. The van der Waals surface area contributed by atoms with Crippen LogP contribution in [-0.2, 0) is 17.8 Å². The summed E-state index contributed by atoms with van der Waals surface area (Å²) in [4.78, 5) is 16.5. The Kier molecular flexibility index (Phi) is 5.18. The standard InChI is InChI=1S/C22H20N4O2S2/c1-15(21(27)25-11-9-19-16(14-25)10-13-29-19)30-22-24-23-20(18-8-5-12-28-18)26(22)17-6-3-2-4-7-17/h2-8,10,12-13,15H,9,11,14H2,1H3. The number of amides is 1. The van der Waals surface area contributed by atoms with Crippen LogP contribution in [0.1, 0.15) is 17.4 Å². The molecule has 0 fully saturated rings. The second-order valence-electron chi connectivity index (χ2n) is 7.09. The van der Waals surface area contributed by atoms with Gasteiger partial charge in [-0.1, -0.05) is 30.0 Å². The van der Waals surface area contributed by atoms with Crippen LogP contribution in [0.4, 0.5) is 0 Å². The normalized spacial score (nSPS) is 14.5. The van der Waals surface area contributed by atoms with Crippen LogP contribution in [0.5, 0.6) is 0 Å². The molecule has 0 saturated heterocycles. The highest BCUT2D eigenvalue weighted by Gasteiger charge is 2.28. The summed E-state index contributed by atoms with van der Waals surface area (Å²) in [5, 5.41) is 11.2. The van der Waals surface area contributed by atoms with Crippen molar-refractivity contribution >= 4 is 29.0 Å². The molecule has 1 aliphatic heterocycles. The Morgan fingerprint density at radius 1 is 1.17 bits per heavy atom. The second-order valence-corrected chi connectivity index (χ2v) is 9.40. The van der Waals surface area contributed by atoms with Crippen molar-refractivity contribution in [2.45, 2.75) is 30.3 Å². The summed E-state index contributed by atoms with van der Waals surface area (Å²) in [6.07, 6.45) is 2.55. The van der Waals surface area contributed by atoms with E-state index in [0.717, 1.165) is 18.7 Å². The first-order valence-electron chi connectivity index (χ1n) is 9.76. The average molecular weight is 437 g/mol. The van der Waals surface area contributed by atoms with E-state index >= 15 is 0 Å². The third kappa shape index (κ3) is 3.57. The summed E-state index contributed by atoms with van der Waals surface area (Å²) < 4.78 is 7.51. The van der Waals surface area contributed by atoms with Gasteiger partial charge in [-0.15, -0.1) is 21.5 Å². The smallest absolute Gasteiger partial charge is 0.236 e. The van der Waals surface area contributed by atoms with Crippen molar-refractivity contribution in [3.8, 4) is 17.3 Å². The number of fused-ring (bicyclic) bond motifs is 1. The molecule has 1 unspecified atom stereocenters. The number of carbonyl (C=O) groups is 1. The third-order valence-corrected chi connectivity index (χ3v) is 7.19. The molecule has 152 valence electrons. The number of rotatable bonds is 5. The summed E-state index contributed by atoms with van der Waals surface area (Å²) >= 11 is 3.20. The van der Waals surface area contributed by atoms with Gasteiger partial charge >= 0.3 is 0 Å². The lowest BCUT2D eigenvalue weighted by Crippen LogP contribution is -2.39. The maximum atomic E-state index is 13.1. The van der Waals surface area contributed by atoms with Gasteiger partial charge in [-0.05, 0) is 54.6 Å². The topological polar surface area (TPSA) is 64.2 Å². The third-order valence-electron chi connectivity index (χ3n) is 5.14. The lowest BCUT2D eigenvalue weighted by Gasteiger charge is -2.29. The Bertz CT molecular complexity index is 1150. The number of hydrogen-bond acceptors (Lipinski definition) is 6. The number of carbonyl (C=O) groups excluding carboxylic acids is 1. The molecule has 3 aromatic heterocycles. The Morgan fingerprint density at radius 2 is 2.03 bits per heavy atom. The first-order valence-corrected chi connectivity index (χ1v) is 11.5. The predicted octanol–water partition coefficient (Wildman–Crippen LogP) is 4.65. The minimum absolute atomic E-state index is 0.124. The number of para-hydroxylation sites is 1. The van der Waals surface area contributed by atoms with E-state index in [2.05, 4.69) is 21.6 Å². The molecule has 30 heavy (non-hydrogen) atoms. The van der Waals surface area contributed by atoms with Gasteiger partial charge in [0.15, 0.2) is 10.9 Å². The molecule has 1 aliphatic rings. The van der Waals surface area contributed by atoms with E-state index in [1.807, 2.05) is 58.9 Å². The zero-order chi connectivity index (χ0) is 20.5. The Morgan fingerprint density at radius 3 is 2.83 bits per heavy atom. The highest BCUT2D eigenvalue weighted by atomic mass is 32.2. The number of thiophene rings is 1. The van der Waals surface area contributed by atoms with Crippen LogP contribution < -0.4 is 0 Å². The van der Waals surface area contributed by atoms with Gasteiger partial charge in [-0.3, -0.25) is 9.36 Å². The fraction of sp³-hybridized carbons (Fsp3) is 0.227.